The molecule has 1 aliphatic rings. The van der Waals surface area contributed by atoms with Gasteiger partial charge in [-0.3, -0.25) is 19.7 Å². The Morgan fingerprint density at radius 1 is 1.42 bits per heavy atom. The Labute approximate surface area is 115 Å². The van der Waals surface area contributed by atoms with Crippen LogP contribution in [0.4, 0.5) is 0 Å². The van der Waals surface area contributed by atoms with E-state index in [1.54, 1.807) is 6.20 Å². The third-order valence-electron chi connectivity index (χ3n) is 3.32. The molecule has 0 fully saturated rings. The van der Waals surface area contributed by atoms with Crippen LogP contribution in [0.3, 0.4) is 0 Å². The Kier molecular flexibility index (Phi) is 3.27. The standard InChI is InChI=1S/C13H14N4OS/c18-12-10-3-5-17(7-9-2-1-4-14-6-9)8-11(10)15-13(19)16-12/h1-2,4,6H,3,5,7-8H2,(H2,15,16,18,19). The normalized spacial score (nSPS) is 15.2. The fourth-order valence-corrected chi connectivity index (χ4v) is 2.63. The molecule has 19 heavy (non-hydrogen) atoms. The Bertz CT molecular complexity index is 692. The molecule has 6 heteroatoms. The first-order valence-electron chi connectivity index (χ1n) is 6.18. The number of rotatable bonds is 2. The molecule has 0 amide bonds. The summed E-state index contributed by atoms with van der Waals surface area (Å²) in [5, 5.41) is 0. The Balaban J connectivity index is 1.83. The number of pyridine rings is 1. The summed E-state index contributed by atoms with van der Waals surface area (Å²) in [4.78, 5) is 23.9. The molecule has 98 valence electrons. The van der Waals surface area contributed by atoms with Gasteiger partial charge < -0.3 is 4.98 Å². The molecule has 5 nitrogen and oxygen atoms in total. The lowest BCUT2D eigenvalue weighted by Crippen LogP contribution is -2.34. The van der Waals surface area contributed by atoms with Gasteiger partial charge in [-0.25, -0.2) is 0 Å². The van der Waals surface area contributed by atoms with Gasteiger partial charge in [-0.15, -0.1) is 0 Å². The highest BCUT2D eigenvalue weighted by atomic mass is 32.1. The van der Waals surface area contributed by atoms with Gasteiger partial charge >= 0.3 is 0 Å². The highest BCUT2D eigenvalue weighted by molar-refractivity contribution is 7.71. The van der Waals surface area contributed by atoms with E-state index in [-0.39, 0.29) is 5.56 Å². The van der Waals surface area contributed by atoms with E-state index in [1.165, 1.54) is 5.56 Å². The molecule has 0 bridgehead atoms. The molecule has 1 aliphatic heterocycles. The average Bonchev–Trinajstić information content (AvgIpc) is 2.39. The molecule has 3 heterocycles. The lowest BCUT2D eigenvalue weighted by Gasteiger charge is -2.27. The van der Waals surface area contributed by atoms with Crippen molar-refractivity contribution in [2.24, 2.45) is 0 Å². The van der Waals surface area contributed by atoms with Gasteiger partial charge in [-0.2, -0.15) is 0 Å². The highest BCUT2D eigenvalue weighted by Crippen LogP contribution is 2.15. The minimum absolute atomic E-state index is 0.0558. The zero-order valence-corrected chi connectivity index (χ0v) is 11.2. The SMILES string of the molecule is O=c1[nH]c(=S)[nH]c2c1CCN(Cc1cccnc1)C2. The summed E-state index contributed by atoms with van der Waals surface area (Å²) < 4.78 is 0.395. The third kappa shape index (κ3) is 2.64. The molecule has 2 aromatic rings. The summed E-state index contributed by atoms with van der Waals surface area (Å²) in [6, 6.07) is 3.99. The van der Waals surface area contributed by atoms with Crippen LogP contribution in [0.2, 0.25) is 0 Å². The Hall–Kier alpha value is -1.79. The van der Waals surface area contributed by atoms with Crippen LogP contribution in [0.25, 0.3) is 0 Å². The van der Waals surface area contributed by atoms with Gasteiger partial charge in [0.2, 0.25) is 0 Å². The molecule has 2 aromatic heterocycles. The second-order valence-corrected chi connectivity index (χ2v) is 5.10. The van der Waals surface area contributed by atoms with Gasteiger partial charge in [0, 0.05) is 43.3 Å². The second-order valence-electron chi connectivity index (χ2n) is 4.69. The smallest absolute Gasteiger partial charge is 0.255 e. The maximum atomic E-state index is 11.8. The van der Waals surface area contributed by atoms with Crippen LogP contribution in [-0.2, 0) is 19.5 Å². The number of nitrogens with zero attached hydrogens (tertiary/aromatic N) is 2. The summed E-state index contributed by atoms with van der Waals surface area (Å²) in [5.41, 5.74) is 2.88. The molecule has 0 radical (unpaired) electrons. The van der Waals surface area contributed by atoms with Crippen LogP contribution in [0.1, 0.15) is 16.8 Å². The topological polar surface area (TPSA) is 64.8 Å². The first kappa shape index (κ1) is 12.3. The van der Waals surface area contributed by atoms with Crippen molar-refractivity contribution in [1.82, 2.24) is 19.9 Å². The molecule has 0 atom stereocenters. The second kappa shape index (κ2) is 5.07. The first-order chi connectivity index (χ1) is 9.22. The van der Waals surface area contributed by atoms with Gasteiger partial charge in [0.25, 0.3) is 5.56 Å². The van der Waals surface area contributed by atoms with E-state index in [2.05, 4.69) is 25.9 Å². The van der Waals surface area contributed by atoms with Gasteiger partial charge in [0.15, 0.2) is 4.77 Å². The van der Waals surface area contributed by atoms with Crippen molar-refractivity contribution in [2.75, 3.05) is 6.54 Å². The number of aromatic amines is 2. The molecule has 0 unspecified atom stereocenters. The minimum Gasteiger partial charge on any atom is -0.334 e. The number of fused-ring (bicyclic) bond motifs is 1. The number of nitrogens with one attached hydrogen (secondary N) is 2. The van der Waals surface area contributed by atoms with E-state index in [4.69, 9.17) is 12.2 Å². The van der Waals surface area contributed by atoms with Gasteiger partial charge in [-0.1, -0.05) is 6.07 Å². The van der Waals surface area contributed by atoms with E-state index in [9.17, 15) is 4.79 Å². The zero-order valence-electron chi connectivity index (χ0n) is 10.3. The van der Waals surface area contributed by atoms with Gasteiger partial charge in [-0.05, 0) is 30.3 Å². The number of hydrogen-bond acceptors (Lipinski definition) is 4. The van der Waals surface area contributed by atoms with Crippen molar-refractivity contribution < 1.29 is 0 Å². The average molecular weight is 274 g/mol. The van der Waals surface area contributed by atoms with Crippen molar-refractivity contribution in [3.05, 3.63) is 56.5 Å². The number of aromatic nitrogens is 3. The summed E-state index contributed by atoms with van der Waals surface area (Å²) in [7, 11) is 0. The maximum Gasteiger partial charge on any atom is 0.255 e. The molecular formula is C13H14N4OS. The van der Waals surface area contributed by atoms with Crippen LogP contribution in [-0.4, -0.2) is 26.4 Å². The third-order valence-corrected chi connectivity index (χ3v) is 3.52. The van der Waals surface area contributed by atoms with Crippen molar-refractivity contribution in [3.63, 3.8) is 0 Å². The zero-order chi connectivity index (χ0) is 13.2. The predicted molar refractivity (Wildman–Crippen MR) is 74.3 cm³/mol. The monoisotopic (exact) mass is 274 g/mol. The molecule has 0 saturated carbocycles. The lowest BCUT2D eigenvalue weighted by atomic mass is 10.1. The molecule has 2 N–H and O–H groups in total. The van der Waals surface area contributed by atoms with Crippen molar-refractivity contribution in [3.8, 4) is 0 Å². The van der Waals surface area contributed by atoms with E-state index >= 15 is 0 Å². The van der Waals surface area contributed by atoms with Crippen LogP contribution in [0.15, 0.2) is 29.3 Å². The predicted octanol–water partition coefficient (Wildman–Crippen LogP) is 1.39. The molecule has 0 spiro atoms. The summed E-state index contributed by atoms with van der Waals surface area (Å²) in [5.74, 6) is 0. The van der Waals surface area contributed by atoms with Gasteiger partial charge in [0.1, 0.15) is 0 Å². The fourth-order valence-electron chi connectivity index (χ4n) is 2.42. The van der Waals surface area contributed by atoms with E-state index < -0.39 is 0 Å². The Morgan fingerprint density at radius 2 is 2.32 bits per heavy atom. The van der Waals surface area contributed by atoms with Crippen LogP contribution < -0.4 is 5.56 Å². The number of hydrogen-bond donors (Lipinski definition) is 2. The Morgan fingerprint density at radius 3 is 3.11 bits per heavy atom. The first-order valence-corrected chi connectivity index (χ1v) is 6.59. The van der Waals surface area contributed by atoms with Crippen LogP contribution in [0.5, 0.6) is 0 Å². The van der Waals surface area contributed by atoms with Crippen LogP contribution >= 0.6 is 12.2 Å². The fraction of sp³-hybridized carbons (Fsp3) is 0.308. The quantitative estimate of drug-likeness (QED) is 0.812. The number of H-pyrrole nitrogens is 2. The van der Waals surface area contributed by atoms with Crippen molar-refractivity contribution in [2.45, 2.75) is 19.5 Å². The largest absolute Gasteiger partial charge is 0.334 e. The summed E-state index contributed by atoms with van der Waals surface area (Å²) >= 11 is 5.01. The van der Waals surface area contributed by atoms with E-state index in [1.807, 2.05) is 12.3 Å². The molecule has 0 saturated heterocycles. The molecule has 0 aliphatic carbocycles. The van der Waals surface area contributed by atoms with E-state index in [0.717, 1.165) is 37.3 Å². The van der Waals surface area contributed by atoms with Crippen molar-refractivity contribution >= 4 is 12.2 Å². The molecule has 0 aromatic carbocycles. The van der Waals surface area contributed by atoms with Crippen LogP contribution in [0, 0.1) is 4.77 Å². The maximum absolute atomic E-state index is 11.8. The minimum atomic E-state index is -0.0558. The van der Waals surface area contributed by atoms with Crippen molar-refractivity contribution in [1.29, 1.82) is 0 Å². The summed E-state index contributed by atoms with van der Waals surface area (Å²) in [6.07, 6.45) is 4.39. The van der Waals surface area contributed by atoms with Gasteiger partial charge in [0.05, 0.1) is 0 Å². The summed E-state index contributed by atoms with van der Waals surface area (Å²) in [6.45, 7) is 2.42. The molecular weight excluding hydrogens is 260 g/mol. The van der Waals surface area contributed by atoms with E-state index in [0.29, 0.717) is 4.77 Å². The lowest BCUT2D eigenvalue weighted by molar-refractivity contribution is 0.240. The highest BCUT2D eigenvalue weighted by Gasteiger charge is 2.19. The molecule has 3 rings (SSSR count).